The maximum atomic E-state index is 13.3. The van der Waals surface area contributed by atoms with Gasteiger partial charge in [-0.25, -0.2) is 4.99 Å². The summed E-state index contributed by atoms with van der Waals surface area (Å²) in [6.07, 6.45) is 0. The van der Waals surface area contributed by atoms with Crippen LogP contribution in [-0.4, -0.2) is 30.6 Å². The van der Waals surface area contributed by atoms with Crippen molar-refractivity contribution in [2.45, 2.75) is 13.8 Å². The first-order valence-electron chi connectivity index (χ1n) is 10.0. The number of hydrogen-bond acceptors (Lipinski definition) is 3. The number of allylic oxidation sites excluding steroid dienone is 1. The lowest BCUT2D eigenvalue weighted by Crippen LogP contribution is -2.25. The molecule has 1 heterocycles. The summed E-state index contributed by atoms with van der Waals surface area (Å²) in [6.45, 7) is 4.11. The van der Waals surface area contributed by atoms with Gasteiger partial charge >= 0.3 is 0 Å². The molecule has 3 aromatic carbocycles. The number of anilines is 1. The van der Waals surface area contributed by atoms with Crippen molar-refractivity contribution in [2.75, 3.05) is 19.4 Å². The van der Waals surface area contributed by atoms with Gasteiger partial charge < -0.3 is 10.2 Å². The second-order valence-electron chi connectivity index (χ2n) is 7.68. The molecular weight excluding hydrogens is 370 g/mol. The van der Waals surface area contributed by atoms with E-state index >= 15 is 0 Å². The monoisotopic (exact) mass is 395 g/mol. The largest absolute Gasteiger partial charge is 0.352 e. The number of carbonyl (C=O) groups excluding carboxylic acids is 1. The molecule has 4 rings (SSSR count). The van der Waals surface area contributed by atoms with Crippen LogP contribution >= 0.6 is 0 Å². The van der Waals surface area contributed by atoms with E-state index in [0.717, 1.165) is 45.0 Å². The van der Waals surface area contributed by atoms with Crippen LogP contribution < -0.4 is 5.32 Å². The summed E-state index contributed by atoms with van der Waals surface area (Å²) in [7, 11) is 3.55. The molecule has 0 aromatic heterocycles. The van der Waals surface area contributed by atoms with Crippen LogP contribution in [0.5, 0.6) is 0 Å². The lowest BCUT2D eigenvalue weighted by Gasteiger charge is -2.17. The van der Waals surface area contributed by atoms with Crippen molar-refractivity contribution in [3.8, 4) is 0 Å². The predicted octanol–water partition coefficient (Wildman–Crippen LogP) is 5.35. The van der Waals surface area contributed by atoms with Crippen LogP contribution in [0.25, 0.3) is 5.57 Å². The van der Waals surface area contributed by atoms with Gasteiger partial charge in [-0.05, 0) is 36.6 Å². The van der Waals surface area contributed by atoms with E-state index < -0.39 is 0 Å². The van der Waals surface area contributed by atoms with Gasteiger partial charge in [-0.15, -0.1) is 0 Å². The van der Waals surface area contributed by atoms with E-state index in [-0.39, 0.29) is 5.91 Å². The first-order chi connectivity index (χ1) is 14.5. The molecule has 4 nitrogen and oxygen atoms in total. The van der Waals surface area contributed by atoms with Crippen LogP contribution in [0, 0.1) is 13.8 Å². The number of para-hydroxylation sites is 2. The predicted molar refractivity (Wildman–Crippen MR) is 124 cm³/mol. The summed E-state index contributed by atoms with van der Waals surface area (Å²) in [5, 5.41) is 3.53. The molecule has 1 amide bonds. The smallest absolute Gasteiger partial charge is 0.256 e. The zero-order valence-corrected chi connectivity index (χ0v) is 17.7. The Bertz CT molecular complexity index is 1170. The molecule has 0 saturated carbocycles. The highest BCUT2D eigenvalue weighted by Crippen LogP contribution is 2.37. The minimum Gasteiger partial charge on any atom is -0.352 e. The van der Waals surface area contributed by atoms with E-state index in [1.807, 2.05) is 67.6 Å². The molecule has 0 atom stereocenters. The van der Waals surface area contributed by atoms with E-state index in [9.17, 15) is 4.79 Å². The molecule has 1 N–H and O–H groups in total. The van der Waals surface area contributed by atoms with Gasteiger partial charge in [0.25, 0.3) is 5.91 Å². The molecule has 0 saturated heterocycles. The first kappa shape index (κ1) is 19.6. The molecule has 150 valence electrons. The van der Waals surface area contributed by atoms with Crippen molar-refractivity contribution in [2.24, 2.45) is 4.99 Å². The fourth-order valence-corrected chi connectivity index (χ4v) is 3.66. The van der Waals surface area contributed by atoms with Gasteiger partial charge in [-0.3, -0.25) is 4.79 Å². The number of nitrogens with one attached hydrogen (secondary N) is 1. The Morgan fingerprint density at radius 1 is 0.833 bits per heavy atom. The molecule has 0 bridgehead atoms. The lowest BCUT2D eigenvalue weighted by atomic mass is 9.98. The molecule has 3 aromatic rings. The van der Waals surface area contributed by atoms with E-state index in [2.05, 4.69) is 24.4 Å². The number of likely N-dealkylation sites (N-methyl/N-ethyl adjacent to an activating group) is 1. The molecule has 0 aliphatic carbocycles. The number of benzene rings is 3. The topological polar surface area (TPSA) is 44.7 Å². The van der Waals surface area contributed by atoms with Gasteiger partial charge in [0.05, 0.1) is 28.4 Å². The van der Waals surface area contributed by atoms with Crippen molar-refractivity contribution in [3.05, 3.63) is 101 Å². The molecule has 0 unspecified atom stereocenters. The van der Waals surface area contributed by atoms with E-state index in [0.29, 0.717) is 5.57 Å². The third-order valence-electron chi connectivity index (χ3n) is 5.29. The fourth-order valence-electron chi connectivity index (χ4n) is 3.66. The number of aryl methyl sites for hydroxylation is 2. The van der Waals surface area contributed by atoms with Crippen LogP contribution in [0.1, 0.15) is 22.3 Å². The van der Waals surface area contributed by atoms with E-state index in [1.54, 1.807) is 19.0 Å². The summed E-state index contributed by atoms with van der Waals surface area (Å²) in [4.78, 5) is 19.9. The number of hydrogen-bond donors (Lipinski definition) is 1. The Morgan fingerprint density at radius 2 is 1.50 bits per heavy atom. The van der Waals surface area contributed by atoms with Crippen LogP contribution in [-0.2, 0) is 4.79 Å². The highest BCUT2D eigenvalue weighted by Gasteiger charge is 2.30. The third kappa shape index (κ3) is 3.52. The number of aliphatic imine (C=N–C) groups is 1. The Morgan fingerprint density at radius 3 is 2.20 bits per heavy atom. The average molecular weight is 396 g/mol. The Balaban J connectivity index is 2.04. The number of carbonyl (C=O) groups is 1. The van der Waals surface area contributed by atoms with Crippen LogP contribution in [0.3, 0.4) is 0 Å². The second kappa shape index (κ2) is 7.99. The number of rotatable bonds is 3. The summed E-state index contributed by atoms with van der Waals surface area (Å²) in [5.41, 5.74) is 8.11. The lowest BCUT2D eigenvalue weighted by molar-refractivity contribution is -0.122. The minimum atomic E-state index is -0.0633. The first-order valence-corrected chi connectivity index (χ1v) is 10.0. The summed E-state index contributed by atoms with van der Waals surface area (Å²) < 4.78 is 0. The molecule has 0 fully saturated rings. The van der Waals surface area contributed by atoms with Crippen molar-refractivity contribution in [3.63, 3.8) is 0 Å². The van der Waals surface area contributed by atoms with Gasteiger partial charge in [0.1, 0.15) is 0 Å². The number of amides is 1. The maximum absolute atomic E-state index is 13.3. The summed E-state index contributed by atoms with van der Waals surface area (Å²) in [6, 6.07) is 24.0. The number of fused-ring (bicyclic) bond motifs is 1. The van der Waals surface area contributed by atoms with E-state index in [4.69, 9.17) is 4.99 Å². The normalized spacial score (nSPS) is 15.5. The summed E-state index contributed by atoms with van der Waals surface area (Å²) in [5.74, 6) is -0.0633. The SMILES string of the molecule is Cc1ccccc1N=C1/C(=C(\C(=O)N(C)C)c2ccccc2)Nc2c(C)cccc21. The molecule has 0 radical (unpaired) electrons. The molecule has 4 heteroatoms. The fraction of sp³-hybridized carbons (Fsp3) is 0.154. The van der Waals surface area contributed by atoms with Gasteiger partial charge in [0, 0.05) is 19.7 Å². The molecule has 30 heavy (non-hydrogen) atoms. The maximum Gasteiger partial charge on any atom is 0.256 e. The van der Waals surface area contributed by atoms with Crippen LogP contribution in [0.4, 0.5) is 11.4 Å². The second-order valence-corrected chi connectivity index (χ2v) is 7.68. The highest BCUT2D eigenvalue weighted by molar-refractivity contribution is 6.34. The molecule has 0 spiro atoms. The van der Waals surface area contributed by atoms with Crippen molar-refractivity contribution in [1.82, 2.24) is 4.90 Å². The molecule has 1 aliphatic rings. The van der Waals surface area contributed by atoms with E-state index in [1.165, 1.54) is 0 Å². The van der Waals surface area contributed by atoms with Gasteiger partial charge in [-0.1, -0.05) is 66.7 Å². The van der Waals surface area contributed by atoms with Crippen LogP contribution in [0.15, 0.2) is 83.5 Å². The van der Waals surface area contributed by atoms with Gasteiger partial charge in [-0.2, -0.15) is 0 Å². The van der Waals surface area contributed by atoms with Crippen molar-refractivity contribution in [1.29, 1.82) is 0 Å². The highest BCUT2D eigenvalue weighted by atomic mass is 16.2. The quantitative estimate of drug-likeness (QED) is 0.608. The van der Waals surface area contributed by atoms with Crippen LogP contribution in [0.2, 0.25) is 0 Å². The Hall–Kier alpha value is -3.66. The zero-order valence-electron chi connectivity index (χ0n) is 17.7. The Labute approximate surface area is 177 Å². The molecule has 1 aliphatic heterocycles. The third-order valence-corrected chi connectivity index (χ3v) is 5.29. The average Bonchev–Trinajstić information content (AvgIpc) is 3.10. The summed E-state index contributed by atoms with van der Waals surface area (Å²) >= 11 is 0. The molecular formula is C26H25N3O. The minimum absolute atomic E-state index is 0.0633. The van der Waals surface area contributed by atoms with Gasteiger partial charge in [0.2, 0.25) is 0 Å². The van der Waals surface area contributed by atoms with Crippen molar-refractivity contribution >= 4 is 28.6 Å². The standard InChI is InChI=1S/C26H25N3O/c1-17-11-8-9-16-21(17)27-24-20-15-10-12-18(2)23(20)28-25(24)22(26(30)29(3)4)19-13-6-5-7-14-19/h5-16,28H,1-4H3/b25-22+,27-24?. The number of nitrogens with zero attached hydrogens (tertiary/aromatic N) is 2. The van der Waals surface area contributed by atoms with Crippen molar-refractivity contribution < 1.29 is 4.79 Å². The van der Waals surface area contributed by atoms with Gasteiger partial charge in [0.15, 0.2) is 0 Å². The zero-order chi connectivity index (χ0) is 21.3. The Kier molecular flexibility index (Phi) is 5.23.